The van der Waals surface area contributed by atoms with Crippen LogP contribution in [0.3, 0.4) is 0 Å². The van der Waals surface area contributed by atoms with Crippen LogP contribution in [0.15, 0.2) is 24.3 Å². The number of aromatic nitrogens is 1. The first-order valence-corrected chi connectivity index (χ1v) is 10.0. The van der Waals surface area contributed by atoms with Gasteiger partial charge in [0.25, 0.3) is 11.7 Å². The van der Waals surface area contributed by atoms with Crippen LogP contribution in [0.2, 0.25) is 0 Å². The second-order valence-electron chi connectivity index (χ2n) is 6.71. The quantitative estimate of drug-likeness (QED) is 0.352. The monoisotopic (exact) mass is 417 g/mol. The summed E-state index contributed by atoms with van der Waals surface area (Å²) in [5.41, 5.74) is 1.19. The van der Waals surface area contributed by atoms with Gasteiger partial charge in [-0.3, -0.25) is 9.59 Å². The normalized spacial score (nSPS) is 10.9. The van der Waals surface area contributed by atoms with Crippen LogP contribution in [0.4, 0.5) is 4.39 Å². The van der Waals surface area contributed by atoms with E-state index in [1.165, 1.54) is 24.3 Å². The van der Waals surface area contributed by atoms with Gasteiger partial charge in [-0.2, -0.15) is 0 Å². The number of halogens is 1. The molecule has 0 aliphatic heterocycles. The van der Waals surface area contributed by atoms with E-state index in [0.717, 1.165) is 13.1 Å². The van der Waals surface area contributed by atoms with E-state index in [-0.39, 0.29) is 23.4 Å². The first kappa shape index (κ1) is 23.3. The van der Waals surface area contributed by atoms with E-state index in [0.29, 0.717) is 24.3 Å². The predicted octanol–water partition coefficient (Wildman–Crippen LogP) is 2.95. The minimum atomic E-state index is -0.799. The summed E-state index contributed by atoms with van der Waals surface area (Å²) in [7, 11) is 0. The highest BCUT2D eigenvalue weighted by Gasteiger charge is 2.29. The number of aromatic amines is 1. The lowest BCUT2D eigenvalue weighted by atomic mass is 9.98. The Bertz CT molecular complexity index is 902. The maximum Gasteiger partial charge on any atom is 0.340 e. The number of amides is 1. The summed E-state index contributed by atoms with van der Waals surface area (Å²) in [4.78, 5) is 42.8. The number of ether oxygens (including phenoxy) is 1. The van der Waals surface area contributed by atoms with E-state index in [1.807, 2.05) is 13.8 Å². The first-order valence-electron chi connectivity index (χ1n) is 10.0. The number of ketones is 1. The SMILES string of the molecule is CCOC(=O)c1c(C)[nH]c(C(=O)C(=O)NCCN(CC)CC)c1-c1ccc(F)cc1. The van der Waals surface area contributed by atoms with Crippen LogP contribution >= 0.6 is 0 Å². The molecule has 1 aromatic carbocycles. The Morgan fingerprint density at radius 3 is 2.30 bits per heavy atom. The summed E-state index contributed by atoms with van der Waals surface area (Å²) >= 11 is 0. The molecular formula is C22H28FN3O4. The molecule has 30 heavy (non-hydrogen) atoms. The number of aryl methyl sites for hydroxylation is 1. The van der Waals surface area contributed by atoms with Crippen molar-refractivity contribution in [2.75, 3.05) is 32.8 Å². The molecule has 7 nitrogen and oxygen atoms in total. The van der Waals surface area contributed by atoms with Gasteiger partial charge in [0, 0.05) is 24.3 Å². The highest BCUT2D eigenvalue weighted by Crippen LogP contribution is 2.31. The van der Waals surface area contributed by atoms with E-state index in [2.05, 4.69) is 15.2 Å². The van der Waals surface area contributed by atoms with Crippen molar-refractivity contribution >= 4 is 17.7 Å². The van der Waals surface area contributed by atoms with Crippen LogP contribution in [0.25, 0.3) is 11.1 Å². The summed E-state index contributed by atoms with van der Waals surface area (Å²) in [6.07, 6.45) is 0. The van der Waals surface area contributed by atoms with Gasteiger partial charge in [0.2, 0.25) is 0 Å². The first-order chi connectivity index (χ1) is 14.3. The van der Waals surface area contributed by atoms with Crippen LogP contribution in [0.1, 0.15) is 47.3 Å². The summed E-state index contributed by atoms with van der Waals surface area (Å²) in [6, 6.07) is 5.36. The van der Waals surface area contributed by atoms with Crippen molar-refractivity contribution in [1.29, 1.82) is 0 Å². The van der Waals surface area contributed by atoms with Gasteiger partial charge in [0.1, 0.15) is 11.5 Å². The minimum Gasteiger partial charge on any atom is -0.462 e. The average Bonchev–Trinajstić information content (AvgIpc) is 3.08. The molecule has 0 fully saturated rings. The Balaban J connectivity index is 2.37. The Labute approximate surface area is 175 Å². The van der Waals surface area contributed by atoms with Crippen LogP contribution in [-0.4, -0.2) is 60.3 Å². The van der Waals surface area contributed by atoms with Crippen molar-refractivity contribution in [3.63, 3.8) is 0 Å². The van der Waals surface area contributed by atoms with Gasteiger partial charge in [-0.1, -0.05) is 26.0 Å². The number of benzene rings is 1. The van der Waals surface area contributed by atoms with Crippen molar-refractivity contribution in [1.82, 2.24) is 15.2 Å². The highest BCUT2D eigenvalue weighted by molar-refractivity contribution is 6.43. The van der Waals surface area contributed by atoms with E-state index >= 15 is 0 Å². The predicted molar refractivity (Wildman–Crippen MR) is 112 cm³/mol. The van der Waals surface area contributed by atoms with Gasteiger partial charge >= 0.3 is 5.97 Å². The fourth-order valence-corrected chi connectivity index (χ4v) is 3.22. The molecule has 0 bridgehead atoms. The molecule has 0 aliphatic carbocycles. The molecule has 0 radical (unpaired) electrons. The van der Waals surface area contributed by atoms with Crippen molar-refractivity contribution in [3.8, 4) is 11.1 Å². The molecular weight excluding hydrogens is 389 g/mol. The number of carbonyl (C=O) groups is 3. The van der Waals surface area contributed by atoms with Crippen LogP contribution in [0.5, 0.6) is 0 Å². The van der Waals surface area contributed by atoms with Crippen molar-refractivity contribution in [2.24, 2.45) is 0 Å². The number of esters is 1. The standard InChI is InChI=1S/C22H28FN3O4/c1-5-26(6-2)13-12-24-21(28)20(27)19-18(15-8-10-16(23)11-9-15)17(14(4)25-19)22(29)30-7-3/h8-11,25H,5-7,12-13H2,1-4H3,(H,24,28). The zero-order valence-electron chi connectivity index (χ0n) is 17.8. The lowest BCUT2D eigenvalue weighted by molar-refractivity contribution is -0.117. The molecule has 2 N–H and O–H groups in total. The van der Waals surface area contributed by atoms with Crippen molar-refractivity contribution < 1.29 is 23.5 Å². The van der Waals surface area contributed by atoms with Gasteiger partial charge in [-0.15, -0.1) is 0 Å². The molecule has 0 unspecified atom stereocenters. The fraction of sp³-hybridized carbons (Fsp3) is 0.409. The molecule has 1 heterocycles. The average molecular weight is 417 g/mol. The molecule has 8 heteroatoms. The Morgan fingerprint density at radius 2 is 1.73 bits per heavy atom. The summed E-state index contributed by atoms with van der Waals surface area (Å²) in [6.45, 7) is 10.1. The second-order valence-corrected chi connectivity index (χ2v) is 6.71. The van der Waals surface area contributed by atoms with Gasteiger partial charge in [0.15, 0.2) is 0 Å². The van der Waals surface area contributed by atoms with Crippen molar-refractivity contribution in [2.45, 2.75) is 27.7 Å². The van der Waals surface area contributed by atoms with Gasteiger partial charge in [-0.25, -0.2) is 9.18 Å². The Hall–Kier alpha value is -3.00. The number of Topliss-reactive ketones (excluding diaryl/α,β-unsaturated/α-hetero) is 1. The third-order valence-electron chi connectivity index (χ3n) is 4.84. The molecule has 0 aliphatic rings. The van der Waals surface area contributed by atoms with Gasteiger partial charge < -0.3 is 19.9 Å². The lowest BCUT2D eigenvalue weighted by Crippen LogP contribution is -2.38. The highest BCUT2D eigenvalue weighted by atomic mass is 19.1. The molecule has 2 aromatic rings. The van der Waals surface area contributed by atoms with Gasteiger partial charge in [-0.05, 0) is 44.6 Å². The van der Waals surface area contributed by atoms with Crippen molar-refractivity contribution in [3.05, 3.63) is 47.0 Å². The van der Waals surface area contributed by atoms with Gasteiger partial charge in [0.05, 0.1) is 12.2 Å². The van der Waals surface area contributed by atoms with Crippen LogP contribution < -0.4 is 5.32 Å². The number of carbonyl (C=O) groups excluding carboxylic acids is 3. The van der Waals surface area contributed by atoms with E-state index in [1.54, 1.807) is 13.8 Å². The second kappa shape index (κ2) is 10.7. The number of nitrogens with zero attached hydrogens (tertiary/aromatic N) is 1. The molecule has 2 rings (SSSR count). The number of rotatable bonds is 10. The molecule has 0 spiro atoms. The zero-order chi connectivity index (χ0) is 22.3. The molecule has 162 valence electrons. The molecule has 0 saturated carbocycles. The smallest absolute Gasteiger partial charge is 0.340 e. The Kier molecular flexibility index (Phi) is 8.29. The number of hydrogen-bond acceptors (Lipinski definition) is 5. The zero-order valence-corrected chi connectivity index (χ0v) is 17.8. The fourth-order valence-electron chi connectivity index (χ4n) is 3.22. The Morgan fingerprint density at radius 1 is 1.10 bits per heavy atom. The largest absolute Gasteiger partial charge is 0.462 e. The van der Waals surface area contributed by atoms with E-state index < -0.39 is 23.5 Å². The maximum absolute atomic E-state index is 13.4. The third kappa shape index (κ3) is 5.33. The molecule has 0 atom stereocenters. The number of likely N-dealkylation sites (N-methyl/N-ethyl adjacent to an activating group) is 1. The summed E-state index contributed by atoms with van der Waals surface area (Å²) in [5.74, 6) is -2.65. The lowest BCUT2D eigenvalue weighted by Gasteiger charge is -2.17. The summed E-state index contributed by atoms with van der Waals surface area (Å²) in [5, 5.41) is 2.62. The number of nitrogens with one attached hydrogen (secondary N) is 2. The third-order valence-corrected chi connectivity index (χ3v) is 4.84. The summed E-state index contributed by atoms with van der Waals surface area (Å²) < 4.78 is 18.5. The molecule has 1 aromatic heterocycles. The van der Waals surface area contributed by atoms with E-state index in [4.69, 9.17) is 4.74 Å². The number of H-pyrrole nitrogens is 1. The minimum absolute atomic E-state index is 0.0255. The van der Waals surface area contributed by atoms with E-state index in [9.17, 15) is 18.8 Å². The maximum atomic E-state index is 13.4. The molecule has 1 amide bonds. The van der Waals surface area contributed by atoms with Crippen LogP contribution in [-0.2, 0) is 9.53 Å². The topological polar surface area (TPSA) is 91.5 Å². The number of hydrogen-bond donors (Lipinski definition) is 2. The van der Waals surface area contributed by atoms with Crippen LogP contribution in [0, 0.1) is 12.7 Å². The molecule has 0 saturated heterocycles.